The van der Waals surface area contributed by atoms with Crippen molar-refractivity contribution >= 4 is 16.3 Å². The monoisotopic (exact) mass is 196 g/mol. The largest absolute Gasteiger partial charge is 0.391 e. The van der Waals surface area contributed by atoms with Gasteiger partial charge in [-0.05, 0) is 31.0 Å². The van der Waals surface area contributed by atoms with Crippen molar-refractivity contribution in [3.05, 3.63) is 16.5 Å². The number of anilines is 1. The van der Waals surface area contributed by atoms with Gasteiger partial charge in [-0.2, -0.15) is 0 Å². The van der Waals surface area contributed by atoms with Gasteiger partial charge in [-0.1, -0.05) is 6.92 Å². The van der Waals surface area contributed by atoms with E-state index in [1.807, 2.05) is 0 Å². The van der Waals surface area contributed by atoms with E-state index in [1.54, 1.807) is 11.3 Å². The summed E-state index contributed by atoms with van der Waals surface area (Å²) >= 11 is 1.77. The second-order valence-corrected chi connectivity index (χ2v) is 4.70. The van der Waals surface area contributed by atoms with Gasteiger partial charge < -0.3 is 10.6 Å². The molecule has 0 saturated heterocycles. The molecule has 1 aliphatic heterocycles. The van der Waals surface area contributed by atoms with Gasteiger partial charge in [-0.3, -0.25) is 0 Å². The van der Waals surface area contributed by atoms with E-state index in [0.717, 1.165) is 5.00 Å². The molecule has 0 atom stereocenters. The number of fused-ring (bicyclic) bond motifs is 1. The van der Waals surface area contributed by atoms with Crippen LogP contribution in [-0.2, 0) is 12.8 Å². The lowest BCUT2D eigenvalue weighted by molar-refractivity contribution is 0.303. The minimum atomic E-state index is 0.981. The molecule has 1 aliphatic rings. The molecule has 0 unspecified atom stereocenters. The highest BCUT2D eigenvalue weighted by molar-refractivity contribution is 7.16. The lowest BCUT2D eigenvalue weighted by Gasteiger charge is -2.16. The molecule has 0 aromatic carbocycles. The van der Waals surface area contributed by atoms with Gasteiger partial charge in [-0.15, -0.1) is 11.3 Å². The first-order valence-corrected chi connectivity index (χ1v) is 5.70. The van der Waals surface area contributed by atoms with Gasteiger partial charge in [-0.25, -0.2) is 0 Å². The molecule has 1 aromatic rings. The summed E-state index contributed by atoms with van der Waals surface area (Å²) in [5.41, 5.74) is 7.27. The number of nitrogen functional groups attached to an aromatic ring is 1. The van der Waals surface area contributed by atoms with Crippen molar-refractivity contribution in [3.63, 3.8) is 0 Å². The third kappa shape index (κ3) is 1.86. The number of nitrogens with zero attached hydrogens (tertiary/aromatic N) is 1. The normalized spacial score (nSPS) is 18.2. The fourth-order valence-electron chi connectivity index (χ4n) is 1.88. The molecule has 0 fully saturated rings. The maximum Gasteiger partial charge on any atom is 0.0862 e. The smallest absolute Gasteiger partial charge is 0.0862 e. The Bertz CT molecular complexity index is 268. The van der Waals surface area contributed by atoms with E-state index in [9.17, 15) is 0 Å². The third-order valence-corrected chi connectivity index (χ3v) is 3.78. The fraction of sp³-hybridized carbons (Fsp3) is 0.600. The first-order chi connectivity index (χ1) is 6.29. The molecule has 2 nitrogen and oxygen atoms in total. The molecular weight excluding hydrogens is 180 g/mol. The molecule has 0 bridgehead atoms. The van der Waals surface area contributed by atoms with Crippen LogP contribution < -0.4 is 5.73 Å². The molecule has 2 N–H and O–H groups in total. The van der Waals surface area contributed by atoms with Crippen LogP contribution >= 0.6 is 11.3 Å². The van der Waals surface area contributed by atoms with Crippen molar-refractivity contribution in [3.8, 4) is 0 Å². The summed E-state index contributed by atoms with van der Waals surface area (Å²) in [4.78, 5) is 4.01. The van der Waals surface area contributed by atoms with E-state index in [-0.39, 0.29) is 0 Å². The predicted molar refractivity (Wildman–Crippen MR) is 58.3 cm³/mol. The van der Waals surface area contributed by atoms with E-state index in [1.165, 1.54) is 42.9 Å². The van der Waals surface area contributed by atoms with Crippen LogP contribution in [0.5, 0.6) is 0 Å². The van der Waals surface area contributed by atoms with Gasteiger partial charge in [0.25, 0.3) is 0 Å². The molecule has 2 heterocycles. The number of hydrogen-bond acceptors (Lipinski definition) is 3. The van der Waals surface area contributed by atoms with Crippen LogP contribution in [0.1, 0.15) is 17.4 Å². The van der Waals surface area contributed by atoms with Gasteiger partial charge in [0.2, 0.25) is 0 Å². The Balaban J connectivity index is 2.14. The average molecular weight is 196 g/mol. The molecular formula is C10H16N2S. The van der Waals surface area contributed by atoms with Crippen molar-refractivity contribution in [2.75, 3.05) is 25.4 Å². The number of likely N-dealkylation sites (N-methyl/N-ethyl adjacent to an activating group) is 1. The quantitative estimate of drug-likeness (QED) is 0.741. The number of thiophene rings is 1. The zero-order chi connectivity index (χ0) is 9.26. The summed E-state index contributed by atoms with van der Waals surface area (Å²) in [6.45, 7) is 5.79. The van der Waals surface area contributed by atoms with Crippen LogP contribution in [0.15, 0.2) is 6.07 Å². The summed E-state index contributed by atoms with van der Waals surface area (Å²) in [7, 11) is 0. The Kier molecular flexibility index (Phi) is 2.56. The van der Waals surface area contributed by atoms with Crippen molar-refractivity contribution in [1.82, 2.24) is 4.90 Å². The molecule has 72 valence electrons. The minimum Gasteiger partial charge on any atom is -0.391 e. The molecule has 1 aromatic heterocycles. The highest BCUT2D eigenvalue weighted by atomic mass is 32.1. The second kappa shape index (κ2) is 3.68. The second-order valence-electron chi connectivity index (χ2n) is 3.53. The molecule has 3 heteroatoms. The zero-order valence-electron chi connectivity index (χ0n) is 8.05. The van der Waals surface area contributed by atoms with Crippen LogP contribution in [-0.4, -0.2) is 24.5 Å². The highest BCUT2D eigenvalue weighted by Crippen LogP contribution is 2.27. The van der Waals surface area contributed by atoms with Crippen molar-refractivity contribution in [2.45, 2.75) is 19.8 Å². The Morgan fingerprint density at radius 2 is 2.23 bits per heavy atom. The summed E-state index contributed by atoms with van der Waals surface area (Å²) in [5.74, 6) is 0. The average Bonchev–Trinajstić information content (AvgIpc) is 2.37. The van der Waals surface area contributed by atoms with Gasteiger partial charge in [0.1, 0.15) is 0 Å². The van der Waals surface area contributed by atoms with E-state index >= 15 is 0 Å². The molecule has 2 rings (SSSR count). The zero-order valence-corrected chi connectivity index (χ0v) is 8.86. The first-order valence-electron chi connectivity index (χ1n) is 4.89. The van der Waals surface area contributed by atoms with E-state index in [4.69, 9.17) is 5.73 Å². The Morgan fingerprint density at radius 1 is 1.46 bits per heavy atom. The summed E-state index contributed by atoms with van der Waals surface area (Å²) in [5, 5.41) is 0.981. The maximum absolute atomic E-state index is 5.78. The lowest BCUT2D eigenvalue weighted by Crippen LogP contribution is -2.25. The highest BCUT2D eigenvalue weighted by Gasteiger charge is 2.14. The fourth-order valence-corrected chi connectivity index (χ4v) is 2.85. The van der Waals surface area contributed by atoms with Gasteiger partial charge in [0, 0.05) is 18.0 Å². The summed E-state index contributed by atoms with van der Waals surface area (Å²) < 4.78 is 0. The SMILES string of the molecule is CCN1CCc2cc(N)sc2CC1. The third-order valence-electron chi connectivity index (χ3n) is 2.72. The molecule has 0 saturated carbocycles. The van der Waals surface area contributed by atoms with E-state index in [0.29, 0.717) is 0 Å². The van der Waals surface area contributed by atoms with Crippen molar-refractivity contribution in [2.24, 2.45) is 0 Å². The van der Waals surface area contributed by atoms with Crippen LogP contribution in [0.2, 0.25) is 0 Å². The van der Waals surface area contributed by atoms with Gasteiger partial charge >= 0.3 is 0 Å². The Morgan fingerprint density at radius 3 is 3.00 bits per heavy atom. The Labute approximate surface area is 83.4 Å². The number of hydrogen-bond donors (Lipinski definition) is 1. The molecule has 0 aliphatic carbocycles. The van der Waals surface area contributed by atoms with Gasteiger partial charge in [0.15, 0.2) is 0 Å². The number of rotatable bonds is 1. The molecule has 0 radical (unpaired) electrons. The number of nitrogens with two attached hydrogens (primary N) is 1. The summed E-state index contributed by atoms with van der Waals surface area (Å²) in [6.07, 6.45) is 2.36. The lowest BCUT2D eigenvalue weighted by atomic mass is 10.2. The minimum absolute atomic E-state index is 0.981. The maximum atomic E-state index is 5.78. The molecule has 0 amide bonds. The van der Waals surface area contributed by atoms with Gasteiger partial charge in [0.05, 0.1) is 5.00 Å². The van der Waals surface area contributed by atoms with Crippen LogP contribution in [0, 0.1) is 0 Å². The van der Waals surface area contributed by atoms with Crippen LogP contribution in [0.3, 0.4) is 0 Å². The summed E-state index contributed by atoms with van der Waals surface area (Å²) in [6, 6.07) is 2.15. The predicted octanol–water partition coefficient (Wildman–Crippen LogP) is 1.75. The molecule has 0 spiro atoms. The van der Waals surface area contributed by atoms with E-state index < -0.39 is 0 Å². The topological polar surface area (TPSA) is 29.3 Å². The van der Waals surface area contributed by atoms with Crippen molar-refractivity contribution < 1.29 is 0 Å². The van der Waals surface area contributed by atoms with Crippen molar-refractivity contribution in [1.29, 1.82) is 0 Å². The first kappa shape index (κ1) is 9.03. The van der Waals surface area contributed by atoms with E-state index in [2.05, 4.69) is 17.9 Å². The Hall–Kier alpha value is -0.540. The standard InChI is InChI=1S/C10H16N2S/c1-2-12-5-3-8-7-10(11)13-9(8)4-6-12/h7H,2-6,11H2,1H3. The van der Waals surface area contributed by atoms with Crippen LogP contribution in [0.4, 0.5) is 5.00 Å². The van der Waals surface area contributed by atoms with Crippen LogP contribution in [0.25, 0.3) is 0 Å². The molecule has 13 heavy (non-hydrogen) atoms.